The maximum atomic E-state index is 13.5. The Morgan fingerprint density at radius 1 is 1.00 bits per heavy atom. The highest BCUT2D eigenvalue weighted by atomic mass is 35.5. The first-order valence-electron chi connectivity index (χ1n) is 9.94. The predicted molar refractivity (Wildman–Crippen MR) is 132 cm³/mol. The molecule has 2 amide bonds. The molecule has 1 saturated heterocycles. The minimum atomic E-state index is -0.447. The second-order valence-corrected chi connectivity index (χ2v) is 8.74. The molecule has 34 heavy (non-hydrogen) atoms. The molecule has 0 unspecified atom stereocenters. The number of nitrogens with zero attached hydrogens (tertiary/aromatic N) is 3. The molecular weight excluding hydrogens is 479 g/mol. The van der Waals surface area contributed by atoms with E-state index in [-0.39, 0.29) is 22.5 Å². The summed E-state index contributed by atoms with van der Waals surface area (Å²) in [6.07, 6.45) is 1.65. The van der Waals surface area contributed by atoms with Crippen molar-refractivity contribution < 1.29 is 19.1 Å². The van der Waals surface area contributed by atoms with E-state index in [1.54, 1.807) is 36.4 Å². The normalized spacial score (nSPS) is 18.8. The largest absolute Gasteiger partial charge is 0.508 e. The molecule has 0 saturated carbocycles. The Balaban J connectivity index is 1.57. The van der Waals surface area contributed by atoms with E-state index in [1.165, 1.54) is 41.3 Å². The number of carbonyl (C=O) groups excluding carboxylic acids is 2. The number of rotatable bonds is 3. The van der Waals surface area contributed by atoms with E-state index in [0.717, 1.165) is 11.8 Å². The van der Waals surface area contributed by atoms with Gasteiger partial charge in [0.2, 0.25) is 5.17 Å². The van der Waals surface area contributed by atoms with Crippen molar-refractivity contribution in [2.24, 2.45) is 10.2 Å². The van der Waals surface area contributed by atoms with Crippen LogP contribution in [0, 0.1) is 5.82 Å². The van der Waals surface area contributed by atoms with Crippen molar-refractivity contribution in [1.29, 1.82) is 0 Å². The SMILES string of the molecule is O=C1Nc2ccc(Cl)cc2/C1=N/N=C1/S/C(=C\c2ccc(O)cc2)C(=O)N1c1ccc(F)cc1. The predicted octanol–water partition coefficient (Wildman–Crippen LogP) is 5.02. The molecule has 10 heteroatoms. The van der Waals surface area contributed by atoms with E-state index in [2.05, 4.69) is 15.5 Å². The van der Waals surface area contributed by atoms with Gasteiger partial charge < -0.3 is 10.4 Å². The summed E-state index contributed by atoms with van der Waals surface area (Å²) < 4.78 is 13.5. The number of aromatic hydroxyl groups is 1. The van der Waals surface area contributed by atoms with Gasteiger partial charge in [0.15, 0.2) is 5.71 Å². The first kappa shape index (κ1) is 21.9. The van der Waals surface area contributed by atoms with Crippen molar-refractivity contribution in [3.63, 3.8) is 0 Å². The van der Waals surface area contributed by atoms with Gasteiger partial charge in [0, 0.05) is 10.6 Å². The van der Waals surface area contributed by atoms with E-state index >= 15 is 0 Å². The van der Waals surface area contributed by atoms with Crippen LogP contribution >= 0.6 is 23.4 Å². The molecule has 0 atom stereocenters. The second kappa shape index (κ2) is 8.77. The number of phenols is 1. The summed E-state index contributed by atoms with van der Waals surface area (Å²) in [4.78, 5) is 27.3. The van der Waals surface area contributed by atoms with E-state index in [4.69, 9.17) is 11.6 Å². The van der Waals surface area contributed by atoms with Crippen LogP contribution < -0.4 is 10.2 Å². The number of benzene rings is 3. The van der Waals surface area contributed by atoms with Gasteiger partial charge in [0.25, 0.3) is 11.8 Å². The number of anilines is 2. The summed E-state index contributed by atoms with van der Waals surface area (Å²) >= 11 is 7.12. The highest BCUT2D eigenvalue weighted by Crippen LogP contribution is 2.36. The molecule has 0 aliphatic carbocycles. The number of amides is 2. The summed E-state index contributed by atoms with van der Waals surface area (Å²) in [7, 11) is 0. The molecule has 168 valence electrons. The molecule has 3 aromatic carbocycles. The van der Waals surface area contributed by atoms with Gasteiger partial charge in [-0.25, -0.2) is 4.39 Å². The van der Waals surface area contributed by atoms with Crippen molar-refractivity contribution in [2.75, 3.05) is 10.2 Å². The summed E-state index contributed by atoms with van der Waals surface area (Å²) in [5.74, 6) is -1.17. The number of halogens is 2. The third-order valence-corrected chi connectivity index (χ3v) is 6.21. The number of thioether (sulfide) groups is 1. The van der Waals surface area contributed by atoms with Crippen LogP contribution in [0.5, 0.6) is 5.75 Å². The van der Waals surface area contributed by atoms with Crippen LogP contribution in [-0.4, -0.2) is 27.8 Å². The number of hydrogen-bond acceptors (Lipinski definition) is 6. The van der Waals surface area contributed by atoms with Crippen LogP contribution in [0.4, 0.5) is 15.8 Å². The number of amidine groups is 1. The Bertz CT molecular complexity index is 1420. The van der Waals surface area contributed by atoms with Crippen molar-refractivity contribution in [1.82, 2.24) is 0 Å². The number of fused-ring (bicyclic) bond motifs is 1. The lowest BCUT2D eigenvalue weighted by Gasteiger charge is -2.14. The fourth-order valence-electron chi connectivity index (χ4n) is 3.40. The Morgan fingerprint density at radius 3 is 2.47 bits per heavy atom. The standard InChI is InChI=1S/C24H14ClFN4O3S/c25-14-3-10-19-18(12-14)21(22(32)27-19)28-29-24-30(16-6-4-15(26)5-7-16)23(33)20(34-24)11-13-1-8-17(31)9-2-13/h1-12,31H,(H,27,28,32)/b20-11-,29-24+. The smallest absolute Gasteiger partial charge is 0.276 e. The summed E-state index contributed by atoms with van der Waals surface area (Å²) in [6.45, 7) is 0. The molecule has 0 bridgehead atoms. The Kier molecular flexibility index (Phi) is 5.64. The maximum absolute atomic E-state index is 13.5. The van der Waals surface area contributed by atoms with Gasteiger partial charge in [-0.2, -0.15) is 0 Å². The molecule has 2 N–H and O–H groups in total. The van der Waals surface area contributed by atoms with Gasteiger partial charge in [0.1, 0.15) is 11.6 Å². The highest BCUT2D eigenvalue weighted by molar-refractivity contribution is 8.19. The highest BCUT2D eigenvalue weighted by Gasteiger charge is 2.35. The van der Waals surface area contributed by atoms with Gasteiger partial charge in [-0.3, -0.25) is 14.5 Å². The molecule has 7 nitrogen and oxygen atoms in total. The molecule has 2 heterocycles. The molecule has 0 spiro atoms. The zero-order chi connectivity index (χ0) is 23.8. The molecular formula is C24H14ClFN4O3S. The summed E-state index contributed by atoms with van der Waals surface area (Å²) in [5.41, 5.74) is 2.22. The number of phenolic OH excluding ortho intramolecular Hbond substituents is 1. The minimum Gasteiger partial charge on any atom is -0.508 e. The lowest BCUT2D eigenvalue weighted by molar-refractivity contribution is -0.113. The molecule has 0 radical (unpaired) electrons. The Labute approximate surface area is 202 Å². The van der Waals surface area contributed by atoms with Crippen molar-refractivity contribution in [2.45, 2.75) is 0 Å². The summed E-state index contributed by atoms with van der Waals surface area (Å²) in [5, 5.41) is 21.2. The van der Waals surface area contributed by atoms with E-state index in [9.17, 15) is 19.1 Å². The monoisotopic (exact) mass is 492 g/mol. The van der Waals surface area contributed by atoms with Crippen molar-refractivity contribution >= 4 is 63.5 Å². The van der Waals surface area contributed by atoms with Gasteiger partial charge >= 0.3 is 0 Å². The quantitative estimate of drug-likeness (QED) is 0.396. The molecule has 0 aromatic heterocycles. The Morgan fingerprint density at radius 2 is 1.74 bits per heavy atom. The average Bonchev–Trinajstić information content (AvgIpc) is 3.29. The molecule has 3 aromatic rings. The third kappa shape index (κ3) is 4.18. The van der Waals surface area contributed by atoms with Crippen LogP contribution in [0.25, 0.3) is 6.08 Å². The third-order valence-electron chi connectivity index (χ3n) is 5.02. The topological polar surface area (TPSA) is 94.4 Å². The summed E-state index contributed by atoms with van der Waals surface area (Å²) in [6, 6.07) is 16.7. The van der Waals surface area contributed by atoms with Crippen LogP contribution in [0.1, 0.15) is 11.1 Å². The minimum absolute atomic E-state index is 0.0630. The average molecular weight is 493 g/mol. The number of carbonyl (C=O) groups is 2. The zero-order valence-corrected chi connectivity index (χ0v) is 18.8. The van der Waals surface area contributed by atoms with Crippen LogP contribution in [0.3, 0.4) is 0 Å². The van der Waals surface area contributed by atoms with Crippen LogP contribution in [-0.2, 0) is 9.59 Å². The van der Waals surface area contributed by atoms with E-state index in [0.29, 0.717) is 32.4 Å². The maximum Gasteiger partial charge on any atom is 0.276 e. The van der Waals surface area contributed by atoms with Gasteiger partial charge in [-0.15, -0.1) is 10.2 Å². The number of hydrogen-bond donors (Lipinski definition) is 2. The fraction of sp³-hybridized carbons (Fsp3) is 0. The number of nitrogens with one attached hydrogen (secondary N) is 1. The van der Waals surface area contributed by atoms with E-state index < -0.39 is 11.7 Å². The van der Waals surface area contributed by atoms with E-state index in [1.807, 2.05) is 0 Å². The lowest BCUT2D eigenvalue weighted by atomic mass is 10.1. The van der Waals surface area contributed by atoms with Crippen LogP contribution in [0.2, 0.25) is 5.02 Å². The lowest BCUT2D eigenvalue weighted by Crippen LogP contribution is -2.28. The van der Waals surface area contributed by atoms with Crippen LogP contribution in [0.15, 0.2) is 81.8 Å². The molecule has 5 rings (SSSR count). The van der Waals surface area contributed by atoms with Crippen molar-refractivity contribution in [3.05, 3.63) is 93.6 Å². The van der Waals surface area contributed by atoms with Gasteiger partial charge in [-0.05, 0) is 78.0 Å². The first-order chi connectivity index (χ1) is 16.4. The molecule has 2 aliphatic heterocycles. The molecule has 1 fully saturated rings. The molecule has 2 aliphatic rings. The van der Waals surface area contributed by atoms with Crippen molar-refractivity contribution in [3.8, 4) is 5.75 Å². The fourth-order valence-corrected chi connectivity index (χ4v) is 4.50. The zero-order valence-electron chi connectivity index (χ0n) is 17.2. The Hall–Kier alpha value is -3.95. The van der Waals surface area contributed by atoms with Gasteiger partial charge in [0.05, 0.1) is 16.3 Å². The first-order valence-corrected chi connectivity index (χ1v) is 11.1. The second-order valence-electron chi connectivity index (χ2n) is 7.29. The van der Waals surface area contributed by atoms with Gasteiger partial charge in [-0.1, -0.05) is 23.7 Å².